The Labute approximate surface area is 205 Å². The van der Waals surface area contributed by atoms with Gasteiger partial charge in [0.1, 0.15) is 12.1 Å². The van der Waals surface area contributed by atoms with Gasteiger partial charge in [-0.2, -0.15) is 0 Å². The second kappa shape index (κ2) is 10.3. The molecule has 0 N–H and O–H groups in total. The highest BCUT2D eigenvalue weighted by atomic mass is 16.5. The summed E-state index contributed by atoms with van der Waals surface area (Å²) in [6, 6.07) is 18.1. The van der Waals surface area contributed by atoms with Crippen LogP contribution in [0.4, 0.5) is 5.82 Å². The third-order valence-electron chi connectivity index (χ3n) is 6.16. The molecule has 2 aromatic heterocycles. The predicted octanol–water partition coefficient (Wildman–Crippen LogP) is 5.02. The third-order valence-corrected chi connectivity index (χ3v) is 6.16. The lowest BCUT2D eigenvalue weighted by Crippen LogP contribution is -2.36. The van der Waals surface area contributed by atoms with Gasteiger partial charge in [0, 0.05) is 31.6 Å². The van der Waals surface area contributed by atoms with E-state index in [4.69, 9.17) is 9.15 Å². The minimum absolute atomic E-state index is 0.0906. The van der Waals surface area contributed by atoms with E-state index >= 15 is 0 Å². The molecule has 1 aliphatic rings. The summed E-state index contributed by atoms with van der Waals surface area (Å²) < 4.78 is 10.9. The van der Waals surface area contributed by atoms with E-state index in [9.17, 15) is 4.79 Å². The minimum atomic E-state index is -0.0906. The molecule has 2 aromatic carbocycles. The van der Waals surface area contributed by atoms with Gasteiger partial charge in [-0.15, -0.1) is 0 Å². The highest BCUT2D eigenvalue weighted by Crippen LogP contribution is 2.30. The van der Waals surface area contributed by atoms with Crippen molar-refractivity contribution in [2.75, 3.05) is 37.7 Å². The van der Waals surface area contributed by atoms with E-state index in [1.54, 1.807) is 18.5 Å². The molecule has 0 saturated carbocycles. The number of carbonyl (C=O) groups is 1. The summed E-state index contributed by atoms with van der Waals surface area (Å²) in [7, 11) is 0. The number of aromatic nitrogens is 2. The molecule has 0 spiro atoms. The highest BCUT2D eigenvalue weighted by molar-refractivity contribution is 5.93. The van der Waals surface area contributed by atoms with Gasteiger partial charge in [-0.1, -0.05) is 38.1 Å². The first kappa shape index (κ1) is 23.1. The second-order valence-corrected chi connectivity index (χ2v) is 9.29. The fourth-order valence-electron chi connectivity index (χ4n) is 4.54. The van der Waals surface area contributed by atoms with Crippen LogP contribution >= 0.6 is 0 Å². The van der Waals surface area contributed by atoms with Crippen molar-refractivity contribution in [2.45, 2.75) is 20.4 Å². The monoisotopic (exact) mass is 470 g/mol. The van der Waals surface area contributed by atoms with E-state index < -0.39 is 0 Å². The van der Waals surface area contributed by atoms with Crippen LogP contribution in [0, 0.1) is 5.92 Å². The summed E-state index contributed by atoms with van der Waals surface area (Å²) in [6.45, 7) is 8.45. The van der Waals surface area contributed by atoms with Crippen molar-refractivity contribution in [3.63, 3.8) is 0 Å². The van der Waals surface area contributed by atoms with Gasteiger partial charge < -0.3 is 19.0 Å². The number of furan rings is 1. The number of hydrogen-bond acceptors (Lipinski definition) is 6. The normalized spacial score (nSPS) is 14.0. The summed E-state index contributed by atoms with van der Waals surface area (Å²) in [5.74, 6) is 1.57. The number of amides is 1. The maximum Gasteiger partial charge on any atom is 0.289 e. The minimum Gasteiger partial charge on any atom is -0.459 e. The molecule has 0 atom stereocenters. The number of carbonyl (C=O) groups excluding carboxylic acids is 1. The van der Waals surface area contributed by atoms with Gasteiger partial charge in [-0.05, 0) is 52.9 Å². The first-order valence-electron chi connectivity index (χ1n) is 12.1. The molecule has 0 radical (unpaired) electrons. The Kier molecular flexibility index (Phi) is 6.77. The first-order chi connectivity index (χ1) is 17.1. The quantitative estimate of drug-likeness (QED) is 0.378. The molecule has 1 saturated heterocycles. The lowest BCUT2D eigenvalue weighted by molar-refractivity contribution is 0.0690. The molecule has 5 rings (SSSR count). The lowest BCUT2D eigenvalue weighted by Gasteiger charge is -2.28. The molecule has 7 heteroatoms. The molecule has 0 aliphatic carbocycles. The molecule has 1 aliphatic heterocycles. The van der Waals surface area contributed by atoms with Gasteiger partial charge >= 0.3 is 0 Å². The van der Waals surface area contributed by atoms with Crippen molar-refractivity contribution in [2.24, 2.45) is 5.92 Å². The Hall–Kier alpha value is -3.71. The molecule has 1 fully saturated rings. The number of hydrogen-bond donors (Lipinski definition) is 0. The van der Waals surface area contributed by atoms with Crippen LogP contribution in [0.25, 0.3) is 22.0 Å². The fourth-order valence-corrected chi connectivity index (χ4v) is 4.54. The largest absolute Gasteiger partial charge is 0.459 e. The van der Waals surface area contributed by atoms with E-state index in [1.165, 1.54) is 6.26 Å². The van der Waals surface area contributed by atoms with E-state index in [0.29, 0.717) is 38.0 Å². The fraction of sp³-hybridized carbons (Fsp3) is 0.321. The highest BCUT2D eigenvalue weighted by Gasteiger charge is 2.20. The standard InChI is InChI=1S/C28H30N4O3/c1-20(2)17-32(28(33)26-7-4-12-35-26)18-21-5-3-6-22(15-21)23-8-9-25-24(16-23)27(30-19-29-25)31-10-13-34-14-11-31/h3-9,12,15-16,19-20H,10-11,13-14,17-18H2,1-2H3. The number of nitrogens with zero attached hydrogens (tertiary/aromatic N) is 4. The Morgan fingerprint density at radius 3 is 2.63 bits per heavy atom. The Balaban J connectivity index is 1.44. The van der Waals surface area contributed by atoms with Gasteiger partial charge in [-0.3, -0.25) is 4.79 Å². The van der Waals surface area contributed by atoms with Crippen LogP contribution in [0.1, 0.15) is 30.0 Å². The van der Waals surface area contributed by atoms with Gasteiger partial charge in [0.25, 0.3) is 5.91 Å². The lowest BCUT2D eigenvalue weighted by atomic mass is 10.0. The summed E-state index contributed by atoms with van der Waals surface area (Å²) in [4.78, 5) is 26.2. The van der Waals surface area contributed by atoms with Crippen molar-refractivity contribution in [3.05, 3.63) is 78.5 Å². The van der Waals surface area contributed by atoms with Gasteiger partial charge in [-0.25, -0.2) is 9.97 Å². The topological polar surface area (TPSA) is 71.7 Å². The van der Waals surface area contributed by atoms with Crippen molar-refractivity contribution >= 4 is 22.6 Å². The smallest absolute Gasteiger partial charge is 0.289 e. The molecule has 0 unspecified atom stereocenters. The number of rotatable bonds is 7. The number of fused-ring (bicyclic) bond motifs is 1. The predicted molar refractivity (Wildman–Crippen MR) is 136 cm³/mol. The van der Waals surface area contributed by atoms with Crippen LogP contribution in [0.5, 0.6) is 0 Å². The van der Waals surface area contributed by atoms with E-state index in [1.807, 2.05) is 11.0 Å². The maximum atomic E-state index is 13.0. The van der Waals surface area contributed by atoms with Crippen LogP contribution in [0.2, 0.25) is 0 Å². The van der Waals surface area contributed by atoms with Crippen molar-refractivity contribution in [3.8, 4) is 11.1 Å². The van der Waals surface area contributed by atoms with Crippen LogP contribution in [0.15, 0.2) is 71.6 Å². The molecular formula is C28H30N4O3. The van der Waals surface area contributed by atoms with Crippen molar-refractivity contribution in [1.29, 1.82) is 0 Å². The number of ether oxygens (including phenoxy) is 1. The second-order valence-electron chi connectivity index (χ2n) is 9.29. The Morgan fingerprint density at radius 1 is 1.03 bits per heavy atom. The molecule has 1 amide bonds. The average Bonchev–Trinajstić information content (AvgIpc) is 3.43. The first-order valence-corrected chi connectivity index (χ1v) is 12.1. The van der Waals surface area contributed by atoms with Crippen molar-refractivity contribution in [1.82, 2.24) is 14.9 Å². The molecule has 4 aromatic rings. The number of morpholine rings is 1. The molecular weight excluding hydrogens is 440 g/mol. The number of anilines is 1. The van der Waals surface area contributed by atoms with Crippen LogP contribution in [0.3, 0.4) is 0 Å². The van der Waals surface area contributed by atoms with E-state index in [-0.39, 0.29) is 5.91 Å². The molecule has 180 valence electrons. The average molecular weight is 471 g/mol. The third kappa shape index (κ3) is 5.20. The van der Waals surface area contributed by atoms with Gasteiger partial charge in [0.05, 0.1) is 25.0 Å². The Bertz CT molecular complexity index is 1300. The maximum absolute atomic E-state index is 13.0. The zero-order valence-electron chi connectivity index (χ0n) is 20.2. The molecule has 35 heavy (non-hydrogen) atoms. The summed E-state index contributed by atoms with van der Waals surface area (Å²) >= 11 is 0. The molecule has 3 heterocycles. The zero-order valence-corrected chi connectivity index (χ0v) is 20.2. The van der Waals surface area contributed by atoms with E-state index in [0.717, 1.165) is 46.5 Å². The summed E-state index contributed by atoms with van der Waals surface area (Å²) in [6.07, 6.45) is 3.17. The summed E-state index contributed by atoms with van der Waals surface area (Å²) in [5.41, 5.74) is 4.18. The van der Waals surface area contributed by atoms with Gasteiger partial charge in [0.2, 0.25) is 0 Å². The van der Waals surface area contributed by atoms with Crippen LogP contribution in [-0.2, 0) is 11.3 Å². The molecule has 0 bridgehead atoms. The Morgan fingerprint density at radius 2 is 1.86 bits per heavy atom. The molecule has 7 nitrogen and oxygen atoms in total. The van der Waals surface area contributed by atoms with Gasteiger partial charge in [0.15, 0.2) is 5.76 Å². The SMILES string of the molecule is CC(C)CN(Cc1cccc(-c2ccc3ncnc(N4CCOCC4)c3c2)c1)C(=O)c1ccco1. The van der Waals surface area contributed by atoms with Crippen molar-refractivity contribution < 1.29 is 13.9 Å². The van der Waals surface area contributed by atoms with Crippen LogP contribution < -0.4 is 4.90 Å². The van der Waals surface area contributed by atoms with E-state index in [2.05, 4.69) is 65.1 Å². The zero-order chi connectivity index (χ0) is 24.2. The summed E-state index contributed by atoms with van der Waals surface area (Å²) in [5, 5.41) is 1.03. The number of benzene rings is 2. The van der Waals surface area contributed by atoms with Crippen LogP contribution in [-0.4, -0.2) is 53.6 Å².